The maximum atomic E-state index is 5.91. The first kappa shape index (κ1) is 16.3. The van der Waals surface area contributed by atoms with Crippen LogP contribution >= 0.6 is 27.3 Å². The predicted molar refractivity (Wildman–Crippen MR) is 91.3 cm³/mol. The molecule has 0 aliphatic heterocycles. The Morgan fingerprint density at radius 3 is 2.71 bits per heavy atom. The van der Waals surface area contributed by atoms with Crippen molar-refractivity contribution >= 4 is 27.3 Å². The Labute approximate surface area is 138 Å². The van der Waals surface area contributed by atoms with Gasteiger partial charge in [0.2, 0.25) is 0 Å². The molecule has 1 heterocycles. The van der Waals surface area contributed by atoms with Gasteiger partial charge in [0, 0.05) is 11.4 Å². The smallest absolute Gasteiger partial charge is 0.162 e. The van der Waals surface area contributed by atoms with E-state index in [1.54, 1.807) is 18.4 Å². The third-order valence-electron chi connectivity index (χ3n) is 2.98. The fourth-order valence-electron chi connectivity index (χ4n) is 1.93. The van der Waals surface area contributed by atoms with Crippen LogP contribution in [0, 0.1) is 0 Å². The maximum absolute atomic E-state index is 5.91. The average Bonchev–Trinajstić information content (AvgIpc) is 2.91. The van der Waals surface area contributed by atoms with Crippen LogP contribution in [0.3, 0.4) is 0 Å². The van der Waals surface area contributed by atoms with Crippen molar-refractivity contribution in [1.82, 2.24) is 5.32 Å². The van der Waals surface area contributed by atoms with Gasteiger partial charge in [0.15, 0.2) is 11.5 Å². The summed E-state index contributed by atoms with van der Waals surface area (Å²) in [6.07, 6.45) is 1.13. The van der Waals surface area contributed by atoms with E-state index in [2.05, 4.69) is 40.3 Å². The minimum Gasteiger partial charge on any atom is -0.493 e. The van der Waals surface area contributed by atoms with Gasteiger partial charge in [0.25, 0.3) is 0 Å². The zero-order valence-corrected chi connectivity index (χ0v) is 14.7. The lowest BCUT2D eigenvalue weighted by atomic mass is 10.2. The van der Waals surface area contributed by atoms with E-state index in [1.807, 2.05) is 18.2 Å². The molecular weight excluding hydrogens is 350 g/mol. The van der Waals surface area contributed by atoms with Gasteiger partial charge in [-0.1, -0.05) is 13.0 Å². The molecule has 1 aromatic carbocycles. The highest BCUT2D eigenvalue weighted by atomic mass is 79.9. The van der Waals surface area contributed by atoms with Crippen molar-refractivity contribution in [3.63, 3.8) is 0 Å². The van der Waals surface area contributed by atoms with E-state index in [9.17, 15) is 0 Å². The number of halogens is 1. The highest BCUT2D eigenvalue weighted by Gasteiger charge is 2.07. The van der Waals surface area contributed by atoms with E-state index < -0.39 is 0 Å². The van der Waals surface area contributed by atoms with Crippen LogP contribution in [-0.2, 0) is 13.2 Å². The highest BCUT2D eigenvalue weighted by molar-refractivity contribution is 9.11. The molecule has 2 aromatic rings. The van der Waals surface area contributed by atoms with Gasteiger partial charge >= 0.3 is 0 Å². The molecule has 1 aromatic heterocycles. The first-order valence-corrected chi connectivity index (χ1v) is 8.58. The lowest BCUT2D eigenvalue weighted by Crippen LogP contribution is -2.13. The summed E-state index contributed by atoms with van der Waals surface area (Å²) in [6, 6.07) is 10.2. The van der Waals surface area contributed by atoms with Crippen LogP contribution in [0.15, 0.2) is 34.1 Å². The minimum atomic E-state index is 0.554. The van der Waals surface area contributed by atoms with Crippen LogP contribution in [0.2, 0.25) is 0 Å². The lowest BCUT2D eigenvalue weighted by molar-refractivity contribution is 0.287. The molecule has 0 unspecified atom stereocenters. The lowest BCUT2D eigenvalue weighted by Gasteiger charge is -2.12. The second-order valence-corrected chi connectivity index (χ2v) is 7.20. The average molecular weight is 370 g/mol. The number of nitrogens with one attached hydrogen (secondary N) is 1. The van der Waals surface area contributed by atoms with Crippen molar-refractivity contribution in [3.8, 4) is 11.5 Å². The Bertz CT molecular complexity index is 571. The van der Waals surface area contributed by atoms with Crippen LogP contribution in [0.5, 0.6) is 11.5 Å². The Morgan fingerprint density at radius 1 is 1.19 bits per heavy atom. The number of methoxy groups -OCH3 is 1. The SMILES string of the molecule is CCCNCc1ccc(OC)c(OCc2ccc(Br)s2)c1. The summed E-state index contributed by atoms with van der Waals surface area (Å²) in [6.45, 7) is 4.58. The predicted octanol–water partition coefficient (Wildman–Crippen LogP) is 4.60. The molecule has 0 aliphatic carbocycles. The molecule has 21 heavy (non-hydrogen) atoms. The largest absolute Gasteiger partial charge is 0.493 e. The monoisotopic (exact) mass is 369 g/mol. The number of hydrogen-bond acceptors (Lipinski definition) is 4. The Morgan fingerprint density at radius 2 is 2.05 bits per heavy atom. The number of hydrogen-bond donors (Lipinski definition) is 1. The summed E-state index contributed by atoms with van der Waals surface area (Å²) in [4.78, 5) is 1.18. The molecule has 0 saturated carbocycles. The quantitative estimate of drug-likeness (QED) is 0.689. The number of ether oxygens (including phenoxy) is 2. The van der Waals surface area contributed by atoms with Gasteiger partial charge < -0.3 is 14.8 Å². The van der Waals surface area contributed by atoms with Crippen molar-refractivity contribution in [1.29, 1.82) is 0 Å². The molecule has 5 heteroatoms. The van der Waals surface area contributed by atoms with Crippen molar-refractivity contribution in [2.45, 2.75) is 26.5 Å². The van der Waals surface area contributed by atoms with E-state index >= 15 is 0 Å². The van der Waals surface area contributed by atoms with E-state index in [-0.39, 0.29) is 0 Å². The molecular formula is C16H20BrNO2S. The third kappa shape index (κ3) is 5.02. The van der Waals surface area contributed by atoms with Crippen molar-refractivity contribution in [2.75, 3.05) is 13.7 Å². The second-order valence-electron chi connectivity index (χ2n) is 4.66. The van der Waals surface area contributed by atoms with E-state index in [0.29, 0.717) is 6.61 Å². The van der Waals surface area contributed by atoms with Crippen molar-refractivity contribution in [2.24, 2.45) is 0 Å². The summed E-state index contributed by atoms with van der Waals surface area (Å²) >= 11 is 5.14. The van der Waals surface area contributed by atoms with Crippen molar-refractivity contribution < 1.29 is 9.47 Å². The normalized spacial score (nSPS) is 10.6. The zero-order chi connectivity index (χ0) is 15.1. The Balaban J connectivity index is 2.02. The van der Waals surface area contributed by atoms with Gasteiger partial charge in [-0.15, -0.1) is 11.3 Å². The Hall–Kier alpha value is -1.04. The topological polar surface area (TPSA) is 30.5 Å². The molecule has 0 saturated heterocycles. The molecule has 114 valence electrons. The van der Waals surface area contributed by atoms with Gasteiger partial charge in [-0.05, 0) is 58.7 Å². The van der Waals surface area contributed by atoms with Gasteiger partial charge in [0.05, 0.1) is 10.9 Å². The van der Waals surface area contributed by atoms with Gasteiger partial charge in [-0.2, -0.15) is 0 Å². The summed E-state index contributed by atoms with van der Waals surface area (Å²) in [5.41, 5.74) is 1.20. The number of benzene rings is 1. The highest BCUT2D eigenvalue weighted by Crippen LogP contribution is 2.30. The molecule has 0 bridgehead atoms. The van der Waals surface area contributed by atoms with Crippen LogP contribution in [0.1, 0.15) is 23.8 Å². The summed E-state index contributed by atoms with van der Waals surface area (Å²) < 4.78 is 12.4. The second kappa shape index (κ2) is 8.41. The Kier molecular flexibility index (Phi) is 6.54. The van der Waals surface area contributed by atoms with Crippen LogP contribution in [0.4, 0.5) is 0 Å². The molecule has 0 aliphatic rings. The molecule has 0 radical (unpaired) electrons. The van der Waals surface area contributed by atoms with Gasteiger partial charge in [0.1, 0.15) is 6.61 Å². The fourth-order valence-corrected chi connectivity index (χ4v) is 3.33. The van der Waals surface area contributed by atoms with Crippen LogP contribution < -0.4 is 14.8 Å². The van der Waals surface area contributed by atoms with E-state index in [4.69, 9.17) is 9.47 Å². The first-order valence-electron chi connectivity index (χ1n) is 6.97. The fraction of sp³-hybridized carbons (Fsp3) is 0.375. The standard InChI is InChI=1S/C16H20BrNO2S/c1-3-8-18-10-12-4-6-14(19-2)15(9-12)20-11-13-5-7-16(17)21-13/h4-7,9,18H,3,8,10-11H2,1-2H3. The van der Waals surface area contributed by atoms with E-state index in [0.717, 1.165) is 34.8 Å². The molecule has 0 fully saturated rings. The first-order chi connectivity index (χ1) is 10.2. The van der Waals surface area contributed by atoms with Gasteiger partial charge in [-0.25, -0.2) is 0 Å². The van der Waals surface area contributed by atoms with E-state index in [1.165, 1.54) is 10.4 Å². The summed E-state index contributed by atoms with van der Waals surface area (Å²) in [5.74, 6) is 1.56. The maximum Gasteiger partial charge on any atom is 0.162 e. The molecule has 2 rings (SSSR count). The van der Waals surface area contributed by atoms with Gasteiger partial charge in [-0.3, -0.25) is 0 Å². The summed E-state index contributed by atoms with van der Waals surface area (Å²) in [7, 11) is 1.67. The summed E-state index contributed by atoms with van der Waals surface area (Å²) in [5, 5.41) is 3.39. The number of rotatable bonds is 8. The van der Waals surface area contributed by atoms with Crippen LogP contribution in [0.25, 0.3) is 0 Å². The van der Waals surface area contributed by atoms with Crippen molar-refractivity contribution in [3.05, 3.63) is 44.6 Å². The molecule has 1 N–H and O–H groups in total. The molecule has 0 spiro atoms. The molecule has 3 nitrogen and oxygen atoms in total. The third-order valence-corrected chi connectivity index (χ3v) is 4.58. The van der Waals surface area contributed by atoms with Crippen LogP contribution in [-0.4, -0.2) is 13.7 Å². The minimum absolute atomic E-state index is 0.554. The molecule has 0 atom stereocenters. The number of thiophene rings is 1. The zero-order valence-electron chi connectivity index (χ0n) is 12.3. The molecule has 0 amide bonds.